The molecule has 2 aliphatic heterocycles. The largest absolute Gasteiger partial charge is 0.497 e. The number of methoxy groups -OCH3 is 1. The predicted molar refractivity (Wildman–Crippen MR) is 157 cm³/mol. The zero-order valence-corrected chi connectivity index (χ0v) is 24.3. The van der Waals surface area contributed by atoms with Crippen molar-refractivity contribution in [3.8, 4) is 5.75 Å². The van der Waals surface area contributed by atoms with Crippen molar-refractivity contribution in [2.45, 2.75) is 77.3 Å². The van der Waals surface area contributed by atoms with Gasteiger partial charge in [0.15, 0.2) is 5.82 Å². The number of aromatic nitrogens is 2. The van der Waals surface area contributed by atoms with Gasteiger partial charge in [-0.3, -0.25) is 15.0 Å². The number of hydrogen-bond donors (Lipinski definition) is 2. The summed E-state index contributed by atoms with van der Waals surface area (Å²) in [5.41, 5.74) is 4.00. The molecule has 1 saturated heterocycles. The van der Waals surface area contributed by atoms with Crippen molar-refractivity contribution in [2.24, 2.45) is 5.41 Å². The fourth-order valence-electron chi connectivity index (χ4n) is 6.22. The van der Waals surface area contributed by atoms with E-state index in [0.717, 1.165) is 44.5 Å². The monoisotopic (exact) mass is 549 g/mol. The Bertz CT molecular complexity index is 1210. The molecule has 0 radical (unpaired) electrons. The minimum absolute atomic E-state index is 0.0723. The zero-order chi connectivity index (χ0) is 28.3. The SMILES string of the molecule is CC[C@@]1(C)CN(C2CCCCC2)c2nc(NN(C(=O)c3cccc(OC)c3)[C@@H]3CCCNC3)ncc2N(C)C1=O. The number of carbonyl (C=O) groups is 2. The van der Waals surface area contributed by atoms with Gasteiger partial charge in [-0.25, -0.2) is 9.99 Å². The molecule has 2 aromatic rings. The number of piperidine rings is 1. The molecule has 1 aromatic carbocycles. The lowest BCUT2D eigenvalue weighted by Gasteiger charge is -2.39. The molecule has 3 aliphatic rings. The standard InChI is InChI=1S/C30H43N7O3/c1-5-30(2)20-36(22-12-7-6-8-13-22)26-25(35(3)28(30)39)19-32-29(33-26)34-37(23-14-10-16-31-18-23)27(38)21-11-9-15-24(17-21)40-4/h9,11,15,17,19,22-23,31H,5-8,10,12-14,16,18,20H2,1-4H3,(H,32,33,34)/t23-,30+/m1/s1. The van der Waals surface area contributed by atoms with Gasteiger partial charge in [0.1, 0.15) is 11.4 Å². The Labute approximate surface area is 237 Å². The second kappa shape index (κ2) is 12.0. The zero-order valence-electron chi connectivity index (χ0n) is 24.3. The third-order valence-electron chi connectivity index (χ3n) is 8.91. The molecule has 10 nitrogen and oxygen atoms in total. The van der Waals surface area contributed by atoms with E-state index in [1.165, 1.54) is 19.3 Å². The van der Waals surface area contributed by atoms with Gasteiger partial charge < -0.3 is 19.9 Å². The van der Waals surface area contributed by atoms with E-state index in [0.29, 0.717) is 42.1 Å². The summed E-state index contributed by atoms with van der Waals surface area (Å²) in [5, 5.41) is 5.07. The highest BCUT2D eigenvalue weighted by atomic mass is 16.5. The molecule has 40 heavy (non-hydrogen) atoms. The first-order chi connectivity index (χ1) is 19.3. The molecule has 10 heteroatoms. The van der Waals surface area contributed by atoms with Crippen molar-refractivity contribution < 1.29 is 14.3 Å². The van der Waals surface area contributed by atoms with Gasteiger partial charge in [-0.1, -0.05) is 32.3 Å². The molecule has 2 N–H and O–H groups in total. The van der Waals surface area contributed by atoms with Crippen LogP contribution in [0.25, 0.3) is 0 Å². The highest BCUT2D eigenvalue weighted by Gasteiger charge is 2.43. The second-order valence-electron chi connectivity index (χ2n) is 11.6. The molecule has 2 atom stereocenters. The van der Waals surface area contributed by atoms with Crippen LogP contribution in [0, 0.1) is 5.41 Å². The van der Waals surface area contributed by atoms with Gasteiger partial charge in [0.05, 0.1) is 24.8 Å². The molecule has 1 saturated carbocycles. The predicted octanol–water partition coefficient (Wildman–Crippen LogP) is 4.24. The summed E-state index contributed by atoms with van der Waals surface area (Å²) in [7, 11) is 3.42. The average Bonchev–Trinajstić information content (AvgIpc) is 3.09. The van der Waals surface area contributed by atoms with E-state index in [1.54, 1.807) is 35.3 Å². The second-order valence-corrected chi connectivity index (χ2v) is 11.6. The van der Waals surface area contributed by atoms with Crippen molar-refractivity contribution in [2.75, 3.05) is 49.0 Å². The first kappa shape index (κ1) is 28.1. The van der Waals surface area contributed by atoms with Gasteiger partial charge in [-0.05, 0) is 63.8 Å². The maximum absolute atomic E-state index is 13.9. The smallest absolute Gasteiger partial charge is 0.272 e. The van der Waals surface area contributed by atoms with Crippen LogP contribution in [0.3, 0.4) is 0 Å². The molecular formula is C30H43N7O3. The maximum Gasteiger partial charge on any atom is 0.272 e. The topological polar surface area (TPSA) is 103 Å². The summed E-state index contributed by atoms with van der Waals surface area (Å²) in [6.45, 7) is 6.36. The van der Waals surface area contributed by atoms with E-state index >= 15 is 0 Å². The molecule has 0 spiro atoms. The van der Waals surface area contributed by atoms with Crippen LogP contribution < -0.4 is 25.3 Å². The fourth-order valence-corrected chi connectivity index (χ4v) is 6.22. The Balaban J connectivity index is 1.52. The summed E-state index contributed by atoms with van der Waals surface area (Å²) in [5.74, 6) is 1.65. The van der Waals surface area contributed by atoms with Gasteiger partial charge in [0.2, 0.25) is 11.9 Å². The Morgan fingerprint density at radius 1 is 1.23 bits per heavy atom. The number of nitrogens with zero attached hydrogens (tertiary/aromatic N) is 5. The first-order valence-electron chi connectivity index (χ1n) is 14.7. The van der Waals surface area contributed by atoms with Crippen LogP contribution in [-0.2, 0) is 4.79 Å². The minimum atomic E-state index is -0.525. The van der Waals surface area contributed by atoms with Crippen molar-refractivity contribution in [3.05, 3.63) is 36.0 Å². The Morgan fingerprint density at radius 3 is 2.73 bits per heavy atom. The van der Waals surface area contributed by atoms with E-state index in [2.05, 4.69) is 34.5 Å². The molecule has 3 heterocycles. The minimum Gasteiger partial charge on any atom is -0.497 e. The average molecular weight is 550 g/mol. The number of benzene rings is 1. The molecule has 2 fully saturated rings. The van der Waals surface area contributed by atoms with E-state index < -0.39 is 5.41 Å². The summed E-state index contributed by atoms with van der Waals surface area (Å²) >= 11 is 0. The van der Waals surface area contributed by atoms with Crippen LogP contribution in [0.2, 0.25) is 0 Å². The number of hydrazine groups is 1. The molecule has 1 aliphatic carbocycles. The van der Waals surface area contributed by atoms with Crippen molar-refractivity contribution in [3.63, 3.8) is 0 Å². The van der Waals surface area contributed by atoms with Gasteiger partial charge in [0.25, 0.3) is 5.91 Å². The lowest BCUT2D eigenvalue weighted by molar-refractivity contribution is -0.126. The van der Waals surface area contributed by atoms with Gasteiger partial charge in [0, 0.05) is 31.7 Å². The summed E-state index contributed by atoms with van der Waals surface area (Å²) in [6, 6.07) is 7.44. The van der Waals surface area contributed by atoms with E-state index in [1.807, 2.05) is 19.2 Å². The lowest BCUT2D eigenvalue weighted by atomic mass is 9.84. The van der Waals surface area contributed by atoms with Gasteiger partial charge >= 0.3 is 0 Å². The van der Waals surface area contributed by atoms with Gasteiger partial charge in [-0.2, -0.15) is 4.98 Å². The quantitative estimate of drug-likeness (QED) is 0.495. The van der Waals surface area contributed by atoms with E-state index in [4.69, 9.17) is 9.72 Å². The Kier molecular flexibility index (Phi) is 8.44. The molecule has 1 aromatic heterocycles. The Morgan fingerprint density at radius 2 is 2.02 bits per heavy atom. The third-order valence-corrected chi connectivity index (χ3v) is 8.91. The number of nitrogens with one attached hydrogen (secondary N) is 2. The third kappa shape index (κ3) is 5.59. The van der Waals surface area contributed by atoms with Crippen LogP contribution in [0.5, 0.6) is 5.75 Å². The Hall–Kier alpha value is -3.40. The molecular weight excluding hydrogens is 506 g/mol. The lowest BCUT2D eigenvalue weighted by Crippen LogP contribution is -2.51. The van der Waals surface area contributed by atoms with Crippen molar-refractivity contribution in [1.29, 1.82) is 0 Å². The highest BCUT2D eigenvalue weighted by molar-refractivity contribution is 6.01. The van der Waals surface area contributed by atoms with E-state index in [-0.39, 0.29) is 17.9 Å². The van der Waals surface area contributed by atoms with Crippen LogP contribution in [0.15, 0.2) is 30.5 Å². The summed E-state index contributed by atoms with van der Waals surface area (Å²) in [4.78, 5) is 41.2. The number of amides is 2. The van der Waals surface area contributed by atoms with Crippen molar-refractivity contribution >= 4 is 29.3 Å². The number of carbonyl (C=O) groups excluding carboxylic acids is 2. The summed E-state index contributed by atoms with van der Waals surface area (Å²) in [6.07, 6.45) is 10.1. The van der Waals surface area contributed by atoms with Crippen LogP contribution in [-0.4, -0.2) is 72.7 Å². The first-order valence-corrected chi connectivity index (χ1v) is 14.7. The molecule has 0 unspecified atom stereocenters. The number of fused-ring (bicyclic) bond motifs is 1. The normalized spacial score (nSPS) is 23.8. The van der Waals surface area contributed by atoms with Crippen molar-refractivity contribution in [1.82, 2.24) is 20.3 Å². The highest BCUT2D eigenvalue weighted by Crippen LogP contribution is 2.41. The van der Waals surface area contributed by atoms with Crippen LogP contribution in [0.1, 0.15) is 75.6 Å². The van der Waals surface area contributed by atoms with Crippen LogP contribution in [0.4, 0.5) is 17.5 Å². The summed E-state index contributed by atoms with van der Waals surface area (Å²) < 4.78 is 5.37. The van der Waals surface area contributed by atoms with Gasteiger partial charge in [-0.15, -0.1) is 0 Å². The molecule has 0 bridgehead atoms. The molecule has 216 valence electrons. The molecule has 5 rings (SSSR count). The number of hydrogen-bond acceptors (Lipinski definition) is 8. The number of anilines is 3. The number of ether oxygens (including phenoxy) is 1. The fraction of sp³-hybridized carbons (Fsp3) is 0.600. The molecule has 2 amide bonds. The maximum atomic E-state index is 13.9. The number of rotatable bonds is 7. The van der Waals surface area contributed by atoms with E-state index in [9.17, 15) is 9.59 Å². The van der Waals surface area contributed by atoms with Crippen LogP contribution >= 0.6 is 0 Å².